The Morgan fingerprint density at radius 2 is 1.97 bits per heavy atom. The number of fused-ring (bicyclic) bond motifs is 2. The maximum absolute atomic E-state index is 12.9. The molecule has 1 fully saturated rings. The lowest BCUT2D eigenvalue weighted by Gasteiger charge is -2.26. The molecule has 7 heteroatoms. The number of carbonyl (C=O) groups excluding carboxylic acids is 1. The third kappa shape index (κ3) is 3.58. The summed E-state index contributed by atoms with van der Waals surface area (Å²) in [6.07, 6.45) is 4.68. The molecule has 0 aliphatic carbocycles. The van der Waals surface area contributed by atoms with Gasteiger partial charge in [0.25, 0.3) is 5.91 Å². The number of hydrogen-bond donors (Lipinski definition) is 1. The molecule has 0 spiro atoms. The van der Waals surface area contributed by atoms with Crippen molar-refractivity contribution in [1.29, 1.82) is 0 Å². The largest absolute Gasteiger partial charge is 0.493 e. The summed E-state index contributed by atoms with van der Waals surface area (Å²) in [6.45, 7) is 2.74. The number of para-hydroxylation sites is 1. The van der Waals surface area contributed by atoms with E-state index in [1.54, 1.807) is 10.7 Å². The summed E-state index contributed by atoms with van der Waals surface area (Å²) in [5.41, 5.74) is 2.40. The number of benzene rings is 1. The summed E-state index contributed by atoms with van der Waals surface area (Å²) >= 11 is 0. The summed E-state index contributed by atoms with van der Waals surface area (Å²) in [6, 6.07) is 11.5. The quantitative estimate of drug-likeness (QED) is 0.743. The van der Waals surface area contributed by atoms with E-state index in [9.17, 15) is 4.79 Å². The van der Waals surface area contributed by atoms with E-state index < -0.39 is 0 Å². The molecule has 0 bridgehead atoms. The highest BCUT2D eigenvalue weighted by Crippen LogP contribution is 2.31. The van der Waals surface area contributed by atoms with Crippen molar-refractivity contribution in [3.05, 3.63) is 59.5 Å². The monoisotopic (exact) mass is 391 g/mol. The van der Waals surface area contributed by atoms with Crippen molar-refractivity contribution >= 4 is 11.6 Å². The maximum atomic E-state index is 12.9. The molecule has 7 nitrogen and oxygen atoms in total. The van der Waals surface area contributed by atoms with E-state index in [0.717, 1.165) is 55.1 Å². The van der Waals surface area contributed by atoms with Crippen LogP contribution >= 0.6 is 0 Å². The molecule has 2 aliphatic heterocycles. The van der Waals surface area contributed by atoms with E-state index in [2.05, 4.69) is 22.4 Å². The first-order chi connectivity index (χ1) is 14.2. The van der Waals surface area contributed by atoms with Gasteiger partial charge in [0, 0.05) is 24.1 Å². The van der Waals surface area contributed by atoms with Gasteiger partial charge in [-0.15, -0.1) is 0 Å². The Balaban J connectivity index is 1.35. The fourth-order valence-electron chi connectivity index (χ4n) is 4.21. The number of piperidine rings is 1. The van der Waals surface area contributed by atoms with E-state index in [-0.39, 0.29) is 11.9 Å². The Morgan fingerprint density at radius 1 is 1.14 bits per heavy atom. The Kier molecular flexibility index (Phi) is 4.67. The van der Waals surface area contributed by atoms with Crippen molar-refractivity contribution in [2.24, 2.45) is 0 Å². The molecule has 0 unspecified atom stereocenters. The average Bonchev–Trinajstić information content (AvgIpc) is 3.18. The number of aromatic nitrogens is 3. The Morgan fingerprint density at radius 3 is 2.83 bits per heavy atom. The first-order valence-corrected chi connectivity index (χ1v) is 10.2. The molecule has 0 radical (unpaired) electrons. The topological polar surface area (TPSA) is 71.8 Å². The Labute approximate surface area is 169 Å². The van der Waals surface area contributed by atoms with Gasteiger partial charge >= 0.3 is 0 Å². The summed E-state index contributed by atoms with van der Waals surface area (Å²) < 4.78 is 7.43. The average molecular weight is 391 g/mol. The number of carbonyl (C=O) groups is 1. The number of rotatable bonds is 3. The van der Waals surface area contributed by atoms with Crippen molar-refractivity contribution < 1.29 is 9.53 Å². The van der Waals surface area contributed by atoms with Crippen LogP contribution in [0.15, 0.2) is 42.6 Å². The number of nitrogens with zero attached hydrogens (tertiary/aromatic N) is 4. The zero-order valence-corrected chi connectivity index (χ0v) is 16.5. The van der Waals surface area contributed by atoms with Crippen molar-refractivity contribution in [1.82, 2.24) is 24.8 Å². The lowest BCUT2D eigenvalue weighted by atomic mass is 9.97. The molecule has 150 valence electrons. The van der Waals surface area contributed by atoms with Crippen LogP contribution in [-0.2, 0) is 0 Å². The van der Waals surface area contributed by atoms with Gasteiger partial charge in [0.2, 0.25) is 0 Å². The van der Waals surface area contributed by atoms with Crippen LogP contribution in [0, 0.1) is 0 Å². The highest BCUT2D eigenvalue weighted by atomic mass is 16.5. The zero-order valence-electron chi connectivity index (χ0n) is 16.5. The van der Waals surface area contributed by atoms with Crippen molar-refractivity contribution in [2.45, 2.75) is 31.2 Å². The second kappa shape index (κ2) is 7.48. The van der Waals surface area contributed by atoms with Crippen molar-refractivity contribution in [3.8, 4) is 5.75 Å². The molecular formula is C22H25N5O2. The van der Waals surface area contributed by atoms with Crippen LogP contribution in [0.4, 0.5) is 0 Å². The van der Waals surface area contributed by atoms with Crippen LogP contribution in [0.3, 0.4) is 0 Å². The molecule has 1 saturated heterocycles. The van der Waals surface area contributed by atoms with E-state index in [1.807, 2.05) is 36.4 Å². The minimum atomic E-state index is -0.107. The van der Waals surface area contributed by atoms with Gasteiger partial charge in [0.15, 0.2) is 11.5 Å². The summed E-state index contributed by atoms with van der Waals surface area (Å²) in [5.74, 6) is 2.01. The van der Waals surface area contributed by atoms with E-state index in [1.165, 1.54) is 0 Å². The number of pyridine rings is 1. The van der Waals surface area contributed by atoms with Crippen LogP contribution < -0.4 is 10.1 Å². The predicted molar refractivity (Wildman–Crippen MR) is 109 cm³/mol. The van der Waals surface area contributed by atoms with Crippen LogP contribution in [-0.4, -0.2) is 52.1 Å². The minimum absolute atomic E-state index is 0.0475. The molecule has 4 heterocycles. The molecule has 0 saturated carbocycles. The zero-order chi connectivity index (χ0) is 19.8. The molecule has 1 amide bonds. The van der Waals surface area contributed by atoms with Crippen LogP contribution in [0.25, 0.3) is 5.65 Å². The van der Waals surface area contributed by atoms with Crippen LogP contribution in [0.2, 0.25) is 0 Å². The molecule has 2 aromatic heterocycles. The smallest absolute Gasteiger partial charge is 0.253 e. The second-order valence-electron chi connectivity index (χ2n) is 7.97. The fraction of sp³-hybridized carbons (Fsp3) is 0.409. The maximum Gasteiger partial charge on any atom is 0.253 e. The number of nitrogens with one attached hydrogen (secondary N) is 1. The lowest BCUT2D eigenvalue weighted by Crippen LogP contribution is -2.32. The van der Waals surface area contributed by atoms with Gasteiger partial charge < -0.3 is 15.0 Å². The number of hydrogen-bond acceptors (Lipinski definition) is 5. The third-order valence-electron chi connectivity index (χ3n) is 5.96. The van der Waals surface area contributed by atoms with Gasteiger partial charge in [-0.25, -0.2) is 9.50 Å². The highest BCUT2D eigenvalue weighted by Gasteiger charge is 2.24. The standard InChI is InChI=1S/C22H25N5O2/c1-26-11-8-15(9-12-26)21-24-20-7-6-16(14-27(20)25-21)22(28)23-18-10-13-29-19-5-3-2-4-17(18)19/h2-7,14-15,18H,8-13H2,1H3,(H,23,28)/t18-/m0/s1. The number of amides is 1. The first kappa shape index (κ1) is 18.1. The van der Waals surface area contributed by atoms with Gasteiger partial charge in [-0.05, 0) is 51.2 Å². The molecule has 1 aromatic carbocycles. The fourth-order valence-corrected chi connectivity index (χ4v) is 4.21. The van der Waals surface area contributed by atoms with Crippen LogP contribution in [0.5, 0.6) is 5.75 Å². The summed E-state index contributed by atoms with van der Waals surface area (Å²) in [7, 11) is 2.15. The first-order valence-electron chi connectivity index (χ1n) is 10.2. The summed E-state index contributed by atoms with van der Waals surface area (Å²) in [4.78, 5) is 19.9. The molecular weight excluding hydrogens is 366 g/mol. The Hall–Kier alpha value is -2.93. The second-order valence-corrected chi connectivity index (χ2v) is 7.97. The van der Waals surface area contributed by atoms with E-state index in [0.29, 0.717) is 18.1 Å². The lowest BCUT2D eigenvalue weighted by molar-refractivity contribution is 0.0924. The van der Waals surface area contributed by atoms with Gasteiger partial charge in [0.1, 0.15) is 5.75 Å². The van der Waals surface area contributed by atoms with Gasteiger partial charge in [-0.3, -0.25) is 4.79 Å². The van der Waals surface area contributed by atoms with Crippen LogP contribution in [0.1, 0.15) is 53.0 Å². The number of ether oxygens (including phenoxy) is 1. The summed E-state index contributed by atoms with van der Waals surface area (Å²) in [5, 5.41) is 7.82. The predicted octanol–water partition coefficient (Wildman–Crippen LogP) is 2.79. The highest BCUT2D eigenvalue weighted by molar-refractivity contribution is 5.94. The van der Waals surface area contributed by atoms with Crippen molar-refractivity contribution in [3.63, 3.8) is 0 Å². The molecule has 29 heavy (non-hydrogen) atoms. The molecule has 1 atom stereocenters. The minimum Gasteiger partial charge on any atom is -0.493 e. The normalized spacial score (nSPS) is 20.2. The Bertz CT molecular complexity index is 1040. The van der Waals surface area contributed by atoms with E-state index in [4.69, 9.17) is 9.72 Å². The van der Waals surface area contributed by atoms with Gasteiger partial charge in [0.05, 0.1) is 18.2 Å². The SMILES string of the molecule is CN1CCC(c2nc3ccc(C(=O)N[C@H]4CCOc5ccccc54)cn3n2)CC1. The third-order valence-corrected chi connectivity index (χ3v) is 5.96. The van der Waals surface area contributed by atoms with Gasteiger partial charge in [-0.1, -0.05) is 18.2 Å². The molecule has 1 N–H and O–H groups in total. The van der Waals surface area contributed by atoms with E-state index >= 15 is 0 Å². The molecule has 5 rings (SSSR count). The van der Waals surface area contributed by atoms with Crippen molar-refractivity contribution in [2.75, 3.05) is 26.7 Å². The molecule has 3 aromatic rings. The number of likely N-dealkylation sites (tertiary alicyclic amines) is 1. The molecule has 2 aliphatic rings. The van der Waals surface area contributed by atoms with Gasteiger partial charge in [-0.2, -0.15) is 5.10 Å².